The van der Waals surface area contributed by atoms with Crippen LogP contribution in [0.3, 0.4) is 0 Å². The van der Waals surface area contributed by atoms with Crippen LogP contribution >= 0.6 is 27.5 Å². The molecule has 0 spiro atoms. The molecule has 0 saturated carbocycles. The number of halogens is 2. The standard InChI is InChI=1S/C13H11BrClNO2S/c14-12-8-11(6-7-13(12)15)16-19(17,18)9-10-4-2-1-3-5-10/h1-8,16H,9H2. The number of hydrogen-bond acceptors (Lipinski definition) is 2. The van der Waals surface area contributed by atoms with Crippen LogP contribution < -0.4 is 4.72 Å². The minimum absolute atomic E-state index is 0.0614. The molecule has 0 bridgehead atoms. The molecule has 0 aliphatic carbocycles. The van der Waals surface area contributed by atoms with Crippen molar-refractivity contribution >= 4 is 43.2 Å². The van der Waals surface area contributed by atoms with E-state index in [2.05, 4.69) is 20.7 Å². The molecule has 0 aromatic heterocycles. The largest absolute Gasteiger partial charge is 0.283 e. The molecular weight excluding hydrogens is 350 g/mol. The molecule has 0 aliphatic heterocycles. The van der Waals surface area contributed by atoms with Crippen molar-refractivity contribution in [2.24, 2.45) is 0 Å². The van der Waals surface area contributed by atoms with Gasteiger partial charge >= 0.3 is 0 Å². The molecule has 0 heterocycles. The van der Waals surface area contributed by atoms with Crippen LogP contribution in [-0.2, 0) is 15.8 Å². The molecule has 3 nitrogen and oxygen atoms in total. The number of anilines is 1. The van der Waals surface area contributed by atoms with E-state index in [9.17, 15) is 8.42 Å². The first kappa shape index (κ1) is 14.4. The Labute approximate surface area is 125 Å². The third-order valence-corrected chi connectivity index (χ3v) is 4.87. The lowest BCUT2D eigenvalue weighted by molar-refractivity contribution is 0.600. The molecule has 0 saturated heterocycles. The van der Waals surface area contributed by atoms with Crippen LogP contribution in [0.4, 0.5) is 5.69 Å². The smallest absolute Gasteiger partial charge is 0.236 e. The fourth-order valence-corrected chi connectivity index (χ4v) is 3.25. The number of benzene rings is 2. The monoisotopic (exact) mass is 359 g/mol. The quantitative estimate of drug-likeness (QED) is 0.894. The Bertz CT molecular complexity index is 674. The lowest BCUT2D eigenvalue weighted by atomic mass is 10.2. The lowest BCUT2D eigenvalue weighted by Gasteiger charge is -2.09. The van der Waals surface area contributed by atoms with E-state index in [0.717, 1.165) is 5.56 Å². The van der Waals surface area contributed by atoms with E-state index in [-0.39, 0.29) is 5.75 Å². The Balaban J connectivity index is 2.15. The summed E-state index contributed by atoms with van der Waals surface area (Å²) in [5.41, 5.74) is 1.22. The molecule has 100 valence electrons. The molecule has 0 aliphatic rings. The van der Waals surface area contributed by atoms with E-state index in [1.54, 1.807) is 30.3 Å². The van der Waals surface area contributed by atoms with Crippen LogP contribution in [0.2, 0.25) is 5.02 Å². The van der Waals surface area contributed by atoms with Crippen molar-refractivity contribution in [3.8, 4) is 0 Å². The van der Waals surface area contributed by atoms with Gasteiger partial charge in [-0.2, -0.15) is 0 Å². The Hall–Kier alpha value is -1.04. The molecule has 0 unspecified atom stereocenters. The normalized spacial score (nSPS) is 11.3. The van der Waals surface area contributed by atoms with Crippen molar-refractivity contribution in [3.63, 3.8) is 0 Å². The number of hydrogen-bond donors (Lipinski definition) is 1. The second-order valence-electron chi connectivity index (χ2n) is 3.98. The van der Waals surface area contributed by atoms with Gasteiger partial charge in [-0.1, -0.05) is 41.9 Å². The van der Waals surface area contributed by atoms with Crippen molar-refractivity contribution in [3.05, 3.63) is 63.6 Å². The summed E-state index contributed by atoms with van der Waals surface area (Å²) >= 11 is 9.11. The topological polar surface area (TPSA) is 46.2 Å². The third-order valence-electron chi connectivity index (χ3n) is 2.39. The van der Waals surface area contributed by atoms with Crippen molar-refractivity contribution < 1.29 is 8.42 Å². The molecule has 19 heavy (non-hydrogen) atoms. The lowest BCUT2D eigenvalue weighted by Crippen LogP contribution is -2.15. The molecule has 6 heteroatoms. The van der Waals surface area contributed by atoms with Gasteiger partial charge in [-0.3, -0.25) is 4.72 Å². The van der Waals surface area contributed by atoms with E-state index in [1.807, 2.05) is 18.2 Å². The number of nitrogens with one attached hydrogen (secondary N) is 1. The van der Waals surface area contributed by atoms with E-state index < -0.39 is 10.0 Å². The Kier molecular flexibility index (Phi) is 4.50. The summed E-state index contributed by atoms with van der Waals surface area (Å²) in [7, 11) is -3.43. The predicted octanol–water partition coefficient (Wildman–Crippen LogP) is 4.04. The minimum Gasteiger partial charge on any atom is -0.283 e. The Morgan fingerprint density at radius 3 is 2.42 bits per heavy atom. The van der Waals surface area contributed by atoms with Crippen LogP contribution in [0.1, 0.15) is 5.56 Å². The van der Waals surface area contributed by atoms with Crippen LogP contribution in [0, 0.1) is 0 Å². The summed E-state index contributed by atoms with van der Waals surface area (Å²) in [6.07, 6.45) is 0. The zero-order chi connectivity index (χ0) is 13.9. The fourth-order valence-electron chi connectivity index (χ4n) is 1.57. The SMILES string of the molecule is O=S(=O)(Cc1ccccc1)Nc1ccc(Cl)c(Br)c1. The molecule has 0 atom stereocenters. The van der Waals surface area contributed by atoms with Crippen LogP contribution in [0.15, 0.2) is 53.0 Å². The molecule has 2 aromatic carbocycles. The zero-order valence-electron chi connectivity index (χ0n) is 9.81. The first-order valence-electron chi connectivity index (χ1n) is 5.46. The summed E-state index contributed by atoms with van der Waals surface area (Å²) in [5.74, 6) is -0.0614. The summed E-state index contributed by atoms with van der Waals surface area (Å²) in [6.45, 7) is 0. The second-order valence-corrected chi connectivity index (χ2v) is 6.96. The maximum atomic E-state index is 12.0. The van der Waals surface area contributed by atoms with Gasteiger partial charge in [-0.05, 0) is 39.7 Å². The van der Waals surface area contributed by atoms with E-state index in [4.69, 9.17) is 11.6 Å². The van der Waals surface area contributed by atoms with Gasteiger partial charge in [-0.15, -0.1) is 0 Å². The molecule has 1 N–H and O–H groups in total. The van der Waals surface area contributed by atoms with Crippen LogP contribution in [-0.4, -0.2) is 8.42 Å². The molecule has 0 fully saturated rings. The van der Waals surface area contributed by atoms with Gasteiger partial charge < -0.3 is 0 Å². The van der Waals surface area contributed by atoms with Gasteiger partial charge in [0.15, 0.2) is 0 Å². The minimum atomic E-state index is -3.43. The van der Waals surface area contributed by atoms with E-state index >= 15 is 0 Å². The van der Waals surface area contributed by atoms with Gasteiger partial charge in [0, 0.05) is 10.2 Å². The maximum absolute atomic E-state index is 12.0. The molecule has 2 rings (SSSR count). The van der Waals surface area contributed by atoms with Crippen molar-refractivity contribution in [1.29, 1.82) is 0 Å². The molecule has 0 radical (unpaired) electrons. The van der Waals surface area contributed by atoms with Crippen molar-refractivity contribution in [2.45, 2.75) is 5.75 Å². The van der Waals surface area contributed by atoms with Gasteiger partial charge in [0.25, 0.3) is 0 Å². The van der Waals surface area contributed by atoms with E-state index in [1.165, 1.54) is 0 Å². The predicted molar refractivity (Wildman–Crippen MR) is 81.8 cm³/mol. The highest BCUT2D eigenvalue weighted by Gasteiger charge is 2.12. The molecule has 2 aromatic rings. The molecule has 0 amide bonds. The Morgan fingerprint density at radius 2 is 1.79 bits per heavy atom. The van der Waals surface area contributed by atoms with Crippen LogP contribution in [0.5, 0.6) is 0 Å². The summed E-state index contributed by atoms with van der Waals surface area (Å²) in [6, 6.07) is 13.9. The highest BCUT2D eigenvalue weighted by molar-refractivity contribution is 9.10. The maximum Gasteiger partial charge on any atom is 0.236 e. The highest BCUT2D eigenvalue weighted by Crippen LogP contribution is 2.26. The number of sulfonamides is 1. The summed E-state index contributed by atoms with van der Waals surface area (Å²) in [4.78, 5) is 0. The van der Waals surface area contributed by atoms with Crippen LogP contribution in [0.25, 0.3) is 0 Å². The first-order valence-corrected chi connectivity index (χ1v) is 8.28. The van der Waals surface area contributed by atoms with Gasteiger partial charge in [0.1, 0.15) is 0 Å². The first-order chi connectivity index (χ1) is 8.96. The fraction of sp³-hybridized carbons (Fsp3) is 0.0769. The van der Waals surface area contributed by atoms with Gasteiger partial charge in [-0.25, -0.2) is 8.42 Å². The van der Waals surface area contributed by atoms with Gasteiger partial charge in [0.05, 0.1) is 10.8 Å². The average Bonchev–Trinajstić information content (AvgIpc) is 2.34. The average molecular weight is 361 g/mol. The molecular formula is C13H11BrClNO2S. The third kappa shape index (κ3) is 4.23. The number of rotatable bonds is 4. The van der Waals surface area contributed by atoms with Crippen molar-refractivity contribution in [1.82, 2.24) is 0 Å². The second kappa shape index (κ2) is 5.94. The zero-order valence-corrected chi connectivity index (χ0v) is 13.0. The summed E-state index contributed by atoms with van der Waals surface area (Å²) in [5, 5.41) is 0.533. The van der Waals surface area contributed by atoms with Gasteiger partial charge in [0.2, 0.25) is 10.0 Å². The van der Waals surface area contributed by atoms with Crippen molar-refractivity contribution in [2.75, 3.05) is 4.72 Å². The summed E-state index contributed by atoms with van der Waals surface area (Å²) < 4.78 is 27.2. The highest BCUT2D eigenvalue weighted by atomic mass is 79.9. The Morgan fingerprint density at radius 1 is 1.11 bits per heavy atom. The van der Waals surface area contributed by atoms with E-state index in [0.29, 0.717) is 15.2 Å².